The Balaban J connectivity index is 0.000000190. The van der Waals surface area contributed by atoms with Crippen molar-refractivity contribution in [2.75, 3.05) is 0 Å². The van der Waals surface area contributed by atoms with E-state index in [0.29, 0.717) is 22.5 Å². The first kappa shape index (κ1) is 40.3. The van der Waals surface area contributed by atoms with Gasteiger partial charge in [-0.3, -0.25) is 9.98 Å². The van der Waals surface area contributed by atoms with Crippen LogP contribution in [0.15, 0.2) is 168 Å². The molecule has 0 bridgehead atoms. The molecule has 0 aliphatic rings. The van der Waals surface area contributed by atoms with Crippen LogP contribution in [0.4, 0.5) is 11.4 Å². The molecule has 0 atom stereocenters. The van der Waals surface area contributed by atoms with Gasteiger partial charge in [-0.05, 0) is 47.5 Å². The van der Waals surface area contributed by atoms with Crippen molar-refractivity contribution in [3.05, 3.63) is 169 Å². The van der Waals surface area contributed by atoms with Crippen molar-refractivity contribution in [2.45, 2.75) is 0 Å². The number of para-hydroxylation sites is 10. The Morgan fingerprint density at radius 2 is 0.731 bits per heavy atom. The van der Waals surface area contributed by atoms with Crippen LogP contribution in [0.25, 0.3) is 22.1 Å². The van der Waals surface area contributed by atoms with E-state index in [1.807, 2.05) is 48.5 Å². The first-order chi connectivity index (χ1) is 24.5. The summed E-state index contributed by atoms with van der Waals surface area (Å²) in [7, 11) is 0. The van der Waals surface area contributed by atoms with Gasteiger partial charge in [0.25, 0.3) is 0 Å². The monoisotopic (exact) mass is 784 g/mol. The maximum Gasteiger partial charge on any atom is 2.00 e. The molecule has 2 N–H and O–H groups in total. The molecule has 2 aromatic heterocycles. The number of fused-ring (bicyclic) bond motifs is 2. The Labute approximate surface area is 321 Å². The number of hydrogen-bond acceptors (Lipinski definition) is 8. The minimum Gasteiger partial charge on any atom is -0.872 e. The van der Waals surface area contributed by atoms with Crippen LogP contribution in [0.2, 0.25) is 0 Å². The van der Waals surface area contributed by atoms with Crippen molar-refractivity contribution in [1.82, 2.24) is 19.9 Å². The van der Waals surface area contributed by atoms with Gasteiger partial charge in [-0.25, -0.2) is 9.97 Å². The van der Waals surface area contributed by atoms with Gasteiger partial charge in [-0.2, -0.15) is 0 Å². The van der Waals surface area contributed by atoms with Crippen molar-refractivity contribution < 1.29 is 54.6 Å². The molecule has 2 heterocycles. The molecule has 52 heavy (non-hydrogen) atoms. The van der Waals surface area contributed by atoms with Gasteiger partial charge in [0.15, 0.2) is 0 Å². The van der Waals surface area contributed by atoms with Gasteiger partial charge < -0.3 is 30.4 Å². The Bertz CT molecular complexity index is 2010. The molecule has 12 heteroatoms. The molecule has 0 saturated carbocycles. The Hall–Kier alpha value is -6.16. The van der Waals surface area contributed by atoms with Crippen LogP contribution in [-0.4, -0.2) is 32.4 Å². The predicted octanol–water partition coefficient (Wildman–Crippen LogP) is 6.29. The van der Waals surface area contributed by atoms with Crippen molar-refractivity contribution in [1.29, 1.82) is 0 Å². The number of aliphatic imine (C=N–C) groups is 2. The topological polar surface area (TPSA) is 174 Å². The van der Waals surface area contributed by atoms with Crippen molar-refractivity contribution in [3.8, 4) is 23.0 Å². The zero-order valence-electron chi connectivity index (χ0n) is 27.2. The van der Waals surface area contributed by atoms with E-state index in [2.05, 4.69) is 29.9 Å². The molecule has 0 saturated heterocycles. The minimum absolute atomic E-state index is 0. The van der Waals surface area contributed by atoms with E-state index in [1.165, 1.54) is 36.7 Å². The van der Waals surface area contributed by atoms with E-state index in [9.17, 15) is 20.4 Å². The Morgan fingerprint density at radius 1 is 0.404 bits per heavy atom. The summed E-state index contributed by atoms with van der Waals surface area (Å²) in [6, 6.07) is 41.9. The van der Waals surface area contributed by atoms with Gasteiger partial charge in [-0.15, -0.1) is 11.5 Å². The molecular formula is C40H30Cu2N6O4. The summed E-state index contributed by atoms with van der Waals surface area (Å²) in [5.74, 6) is -0.506. The van der Waals surface area contributed by atoms with E-state index in [4.69, 9.17) is 0 Å². The van der Waals surface area contributed by atoms with Crippen LogP contribution in [0, 0.1) is 0 Å². The molecule has 8 rings (SSSR count). The van der Waals surface area contributed by atoms with Crippen molar-refractivity contribution >= 4 is 45.9 Å². The molecule has 8 aromatic rings. The number of aromatic amines is 2. The molecular weight excluding hydrogens is 756 g/mol. The number of benzene rings is 6. The zero-order chi connectivity index (χ0) is 35.0. The smallest absolute Gasteiger partial charge is 0.872 e. The summed E-state index contributed by atoms with van der Waals surface area (Å²) in [6.45, 7) is 0. The molecule has 10 nitrogen and oxygen atoms in total. The molecule has 6 aromatic carbocycles. The molecule has 0 fully saturated rings. The zero-order valence-corrected chi connectivity index (χ0v) is 29.1. The molecule has 266 valence electrons. The standard InChI is InChI=1S/2C13H11NO2.2C7H6N2.2Cu/c2*15-12-7-3-1-5-10(12)9-14-11-6-2-4-8-13(11)16;2*1-2-4-7-6(3-1)8-5-9-7;;/h2*1-9,15-16H;2*1-5H,(H,8,9);;/q;;;;2*+2/p-4. The molecule has 0 aliphatic carbocycles. The quantitative estimate of drug-likeness (QED) is 0.157. The maximum atomic E-state index is 11.4. The van der Waals surface area contributed by atoms with Crippen molar-refractivity contribution in [2.24, 2.45) is 9.98 Å². The molecule has 0 amide bonds. The summed E-state index contributed by atoms with van der Waals surface area (Å²) >= 11 is 0. The maximum absolute atomic E-state index is 11.4. The number of H-pyrrole nitrogens is 2. The fourth-order valence-corrected chi connectivity index (χ4v) is 4.34. The van der Waals surface area contributed by atoms with Crippen LogP contribution < -0.4 is 20.4 Å². The Kier molecular flexibility index (Phi) is 16.4. The molecule has 0 aliphatic heterocycles. The van der Waals surface area contributed by atoms with Crippen LogP contribution in [-0.2, 0) is 34.1 Å². The van der Waals surface area contributed by atoms with Crippen molar-refractivity contribution in [3.63, 3.8) is 0 Å². The third kappa shape index (κ3) is 12.0. The molecule has 2 radical (unpaired) electrons. The van der Waals surface area contributed by atoms with E-state index >= 15 is 0 Å². The summed E-state index contributed by atoms with van der Waals surface area (Å²) in [4.78, 5) is 22.1. The predicted molar refractivity (Wildman–Crippen MR) is 190 cm³/mol. The van der Waals surface area contributed by atoms with E-state index < -0.39 is 0 Å². The third-order valence-electron chi connectivity index (χ3n) is 6.91. The van der Waals surface area contributed by atoms with Gasteiger partial charge in [0.1, 0.15) is 0 Å². The summed E-state index contributed by atoms with van der Waals surface area (Å²) in [5.41, 5.74) is 5.87. The normalized spacial score (nSPS) is 10.2. The molecule has 0 spiro atoms. The largest absolute Gasteiger partial charge is 2.00 e. The Morgan fingerprint density at radius 3 is 1.10 bits per heavy atom. The van der Waals surface area contributed by atoms with Gasteiger partial charge in [-0.1, -0.05) is 121 Å². The second-order valence-electron chi connectivity index (χ2n) is 10.4. The number of imidazole rings is 2. The number of nitrogens with one attached hydrogen (secondary N) is 2. The third-order valence-corrected chi connectivity index (χ3v) is 6.91. The number of rotatable bonds is 4. The number of hydrogen-bond donors (Lipinski definition) is 2. The second kappa shape index (κ2) is 21.1. The van der Waals surface area contributed by atoms with Crippen LogP contribution in [0.3, 0.4) is 0 Å². The molecule has 0 unspecified atom stereocenters. The second-order valence-corrected chi connectivity index (χ2v) is 10.4. The first-order valence-corrected chi connectivity index (χ1v) is 15.4. The van der Waals surface area contributed by atoms with Crippen LogP contribution in [0.5, 0.6) is 23.0 Å². The average Bonchev–Trinajstić information content (AvgIpc) is 3.83. The van der Waals surface area contributed by atoms with Gasteiger partial charge in [0.05, 0.1) is 46.1 Å². The average molecular weight is 786 g/mol. The minimum atomic E-state index is -0.151. The first-order valence-electron chi connectivity index (χ1n) is 15.4. The number of nitrogens with zero attached hydrogens (tertiary/aromatic N) is 4. The number of aromatic nitrogens is 4. The van der Waals surface area contributed by atoms with E-state index in [-0.39, 0.29) is 57.1 Å². The van der Waals surface area contributed by atoms with Crippen LogP contribution in [0.1, 0.15) is 11.1 Å². The van der Waals surface area contributed by atoms with Gasteiger partial charge in [0.2, 0.25) is 0 Å². The fraction of sp³-hybridized carbons (Fsp3) is 0. The SMILES string of the molecule is [Cu+2].[Cu+2].[O-]c1ccccc1C=Nc1ccccc1[O-].[O-]c1ccccc1C=Nc1ccccc1[O-].c1ccc2[nH]cnc2c1.c1ccc2[nH]cnc2c1. The van der Waals surface area contributed by atoms with Gasteiger partial charge in [0, 0.05) is 12.4 Å². The summed E-state index contributed by atoms with van der Waals surface area (Å²) in [6.07, 6.45) is 6.23. The van der Waals surface area contributed by atoms with E-state index in [0.717, 1.165) is 22.1 Å². The van der Waals surface area contributed by atoms with Crippen LogP contribution >= 0.6 is 0 Å². The summed E-state index contributed by atoms with van der Waals surface area (Å²) in [5, 5.41) is 45.4. The van der Waals surface area contributed by atoms with Gasteiger partial charge >= 0.3 is 34.1 Å². The fourth-order valence-electron chi connectivity index (χ4n) is 4.34. The summed E-state index contributed by atoms with van der Waals surface area (Å²) < 4.78 is 0. The van der Waals surface area contributed by atoms with E-state index in [1.54, 1.807) is 85.5 Å².